The van der Waals surface area contributed by atoms with E-state index in [2.05, 4.69) is 5.32 Å². The summed E-state index contributed by atoms with van der Waals surface area (Å²) < 4.78 is 10.8. The van der Waals surface area contributed by atoms with Crippen LogP contribution in [0.5, 0.6) is 11.5 Å². The topological polar surface area (TPSA) is 88.2 Å². The van der Waals surface area contributed by atoms with E-state index in [1.807, 2.05) is 41.3 Å². The second kappa shape index (κ2) is 8.11. The Morgan fingerprint density at radius 1 is 0.919 bits per heavy atom. The van der Waals surface area contributed by atoms with Gasteiger partial charge in [-0.2, -0.15) is 0 Å². The van der Waals surface area contributed by atoms with E-state index in [9.17, 15) is 14.4 Å². The van der Waals surface area contributed by atoms with Gasteiger partial charge < -0.3 is 19.7 Å². The minimum Gasteiger partial charge on any atom is -0.454 e. The lowest BCUT2D eigenvalue weighted by atomic mass is 9.88. The monoisotopic (exact) mass is 513 g/mol. The van der Waals surface area contributed by atoms with Crippen molar-refractivity contribution in [2.75, 3.05) is 21.9 Å². The molecular weight excluding hydrogens is 494 g/mol. The first-order valence-corrected chi connectivity index (χ1v) is 12.3. The Morgan fingerprint density at radius 2 is 1.68 bits per heavy atom. The fraction of sp³-hybridized carbons (Fsp3) is 0.179. The van der Waals surface area contributed by atoms with Crippen molar-refractivity contribution in [1.82, 2.24) is 0 Å². The van der Waals surface area contributed by atoms with Crippen molar-refractivity contribution in [3.8, 4) is 11.5 Å². The zero-order chi connectivity index (χ0) is 25.3. The molecule has 0 unspecified atom stereocenters. The number of imide groups is 1. The van der Waals surface area contributed by atoms with E-state index in [4.69, 9.17) is 21.1 Å². The van der Waals surface area contributed by atoms with E-state index < -0.39 is 29.8 Å². The summed E-state index contributed by atoms with van der Waals surface area (Å²) in [7, 11) is 0. The smallest absolute Gasteiger partial charge is 0.247 e. The van der Waals surface area contributed by atoms with Gasteiger partial charge in [-0.05, 0) is 48.0 Å². The van der Waals surface area contributed by atoms with E-state index in [0.29, 0.717) is 27.9 Å². The summed E-state index contributed by atoms with van der Waals surface area (Å²) in [4.78, 5) is 44.7. The number of carbonyl (C=O) groups excluding carboxylic acids is 3. The van der Waals surface area contributed by atoms with Gasteiger partial charge in [-0.3, -0.25) is 14.4 Å². The van der Waals surface area contributed by atoms with E-state index >= 15 is 0 Å². The molecule has 3 amide bonds. The van der Waals surface area contributed by atoms with Crippen molar-refractivity contribution in [2.45, 2.75) is 12.1 Å². The molecule has 2 fully saturated rings. The van der Waals surface area contributed by atoms with Gasteiger partial charge in [0.1, 0.15) is 6.04 Å². The van der Waals surface area contributed by atoms with Crippen molar-refractivity contribution < 1.29 is 23.9 Å². The van der Waals surface area contributed by atoms with Gasteiger partial charge in [0.15, 0.2) is 11.5 Å². The van der Waals surface area contributed by atoms with Crippen molar-refractivity contribution in [1.29, 1.82) is 0 Å². The van der Waals surface area contributed by atoms with Crippen molar-refractivity contribution >= 4 is 52.5 Å². The zero-order valence-corrected chi connectivity index (χ0v) is 20.1. The normalized spacial score (nSPS) is 24.7. The van der Waals surface area contributed by atoms with Crippen LogP contribution < -0.4 is 24.6 Å². The minimum absolute atomic E-state index is 0.0834. The summed E-state index contributed by atoms with van der Waals surface area (Å²) in [6.07, 6.45) is 3.87. The van der Waals surface area contributed by atoms with Gasteiger partial charge in [0, 0.05) is 22.5 Å². The molecule has 0 aromatic heterocycles. The average Bonchev–Trinajstić information content (AvgIpc) is 3.58. The van der Waals surface area contributed by atoms with Gasteiger partial charge in [0.05, 0.1) is 23.6 Å². The van der Waals surface area contributed by atoms with E-state index in [0.717, 1.165) is 11.3 Å². The maximum absolute atomic E-state index is 14.0. The van der Waals surface area contributed by atoms with E-state index in [1.54, 1.807) is 42.5 Å². The van der Waals surface area contributed by atoms with Crippen LogP contribution in [0.4, 0.5) is 17.1 Å². The highest BCUT2D eigenvalue weighted by Crippen LogP contribution is 2.50. The van der Waals surface area contributed by atoms with Crippen LogP contribution in [0, 0.1) is 11.8 Å². The van der Waals surface area contributed by atoms with Gasteiger partial charge >= 0.3 is 0 Å². The minimum atomic E-state index is -0.896. The third-order valence-electron chi connectivity index (χ3n) is 7.41. The highest BCUT2D eigenvalue weighted by molar-refractivity contribution is 6.30. The second-order valence-corrected chi connectivity index (χ2v) is 9.79. The largest absolute Gasteiger partial charge is 0.454 e. The predicted octanol–water partition coefficient (Wildman–Crippen LogP) is 4.10. The number of ether oxygens (including phenoxy) is 2. The molecule has 0 bridgehead atoms. The maximum atomic E-state index is 14.0. The number of carbonyl (C=O) groups is 3. The summed E-state index contributed by atoms with van der Waals surface area (Å²) in [5.74, 6) is -1.67. The van der Waals surface area contributed by atoms with Gasteiger partial charge in [-0.1, -0.05) is 42.0 Å². The lowest BCUT2D eigenvalue weighted by Gasteiger charge is -2.36. The molecule has 37 heavy (non-hydrogen) atoms. The summed E-state index contributed by atoms with van der Waals surface area (Å²) in [5, 5.41) is 3.48. The number of nitrogens with zero attached hydrogens (tertiary/aromatic N) is 2. The summed E-state index contributed by atoms with van der Waals surface area (Å²) >= 11 is 6.01. The van der Waals surface area contributed by atoms with Crippen LogP contribution in [0.1, 0.15) is 5.56 Å². The van der Waals surface area contributed by atoms with Crippen molar-refractivity contribution in [2.24, 2.45) is 11.8 Å². The quantitative estimate of drug-likeness (QED) is 0.531. The molecule has 0 spiro atoms. The number of para-hydroxylation sites is 1. The Balaban J connectivity index is 1.30. The van der Waals surface area contributed by atoms with Crippen LogP contribution in [-0.2, 0) is 14.4 Å². The average molecular weight is 514 g/mol. The van der Waals surface area contributed by atoms with Gasteiger partial charge in [-0.25, -0.2) is 4.90 Å². The number of nitrogens with one attached hydrogen (secondary N) is 1. The number of fused-ring (bicyclic) bond motifs is 6. The Hall–Kier alpha value is -4.30. The summed E-state index contributed by atoms with van der Waals surface area (Å²) in [6.45, 7) is 0.0834. The number of hydrogen-bond acceptors (Lipinski definition) is 6. The molecular formula is C28H20ClN3O5. The molecule has 184 valence electrons. The highest BCUT2D eigenvalue weighted by atomic mass is 35.5. The first-order valence-electron chi connectivity index (χ1n) is 11.9. The van der Waals surface area contributed by atoms with Gasteiger partial charge in [0.25, 0.3) is 0 Å². The number of rotatable bonds is 3. The van der Waals surface area contributed by atoms with Crippen LogP contribution in [0.15, 0.2) is 72.8 Å². The number of anilines is 3. The van der Waals surface area contributed by atoms with Gasteiger partial charge in [0.2, 0.25) is 24.5 Å². The van der Waals surface area contributed by atoms with Crippen LogP contribution >= 0.6 is 11.6 Å². The van der Waals surface area contributed by atoms with Gasteiger partial charge in [-0.15, -0.1) is 0 Å². The molecule has 0 radical (unpaired) electrons. The molecule has 4 heterocycles. The second-order valence-electron chi connectivity index (χ2n) is 9.36. The number of halogens is 1. The van der Waals surface area contributed by atoms with Crippen molar-refractivity contribution in [3.63, 3.8) is 0 Å². The Bertz CT molecular complexity index is 1500. The van der Waals surface area contributed by atoms with E-state index in [1.165, 1.54) is 4.90 Å². The third kappa shape index (κ3) is 3.25. The maximum Gasteiger partial charge on any atom is 0.247 e. The van der Waals surface area contributed by atoms with E-state index in [-0.39, 0.29) is 18.6 Å². The fourth-order valence-corrected chi connectivity index (χ4v) is 5.97. The van der Waals surface area contributed by atoms with Crippen LogP contribution in [-0.4, -0.2) is 36.6 Å². The summed E-state index contributed by atoms with van der Waals surface area (Å²) in [5.41, 5.74) is 2.70. The number of benzene rings is 3. The third-order valence-corrected chi connectivity index (χ3v) is 7.66. The molecule has 7 rings (SSSR count). The summed E-state index contributed by atoms with van der Waals surface area (Å²) in [6, 6.07) is 18.1. The predicted molar refractivity (Wildman–Crippen MR) is 138 cm³/mol. The molecule has 3 aromatic rings. The lowest BCUT2D eigenvalue weighted by molar-refractivity contribution is -0.126. The molecule has 4 atom stereocenters. The Morgan fingerprint density at radius 3 is 2.51 bits per heavy atom. The first kappa shape index (κ1) is 21.9. The molecule has 0 saturated carbocycles. The molecule has 0 aliphatic carbocycles. The highest BCUT2D eigenvalue weighted by Gasteiger charge is 2.64. The fourth-order valence-electron chi connectivity index (χ4n) is 5.84. The molecule has 4 aliphatic heterocycles. The SMILES string of the molecule is O=C(Nc1ccc(Cl)cc1)[C@@H]1[C@@H]2C(=O)N(c3ccc4c(c3)OCO4)C(=O)[C@H]2[C@@H]2C=Cc3ccccc3N12. The van der Waals surface area contributed by atoms with Crippen LogP contribution in [0.2, 0.25) is 5.02 Å². The molecule has 1 N–H and O–H groups in total. The first-order chi connectivity index (χ1) is 18.0. The molecule has 4 aliphatic rings. The lowest BCUT2D eigenvalue weighted by Crippen LogP contribution is -2.50. The molecule has 3 aromatic carbocycles. The Kier molecular flexibility index (Phi) is 4.81. The Labute approximate surface area is 217 Å². The standard InChI is InChI=1S/C28H20ClN3O5/c29-16-6-8-17(9-7-16)30-26(33)25-24-23(20-11-5-15-3-1-2-4-19(15)32(20)25)27(34)31(28(24)35)18-10-12-21-22(13-18)37-14-36-21/h1-13,20,23-25H,14H2,(H,30,33)/t20-,23-,24+,25-/m0/s1. The number of amides is 3. The molecule has 8 nitrogen and oxygen atoms in total. The molecule has 2 saturated heterocycles. The number of hydrogen-bond donors (Lipinski definition) is 1. The zero-order valence-electron chi connectivity index (χ0n) is 19.3. The molecule has 9 heteroatoms. The van der Waals surface area contributed by atoms with Crippen molar-refractivity contribution in [3.05, 3.63) is 83.4 Å². The van der Waals surface area contributed by atoms with Crippen LogP contribution in [0.25, 0.3) is 6.08 Å². The van der Waals surface area contributed by atoms with Crippen LogP contribution in [0.3, 0.4) is 0 Å².